The van der Waals surface area contributed by atoms with Crippen LogP contribution in [-0.4, -0.2) is 54.6 Å². The van der Waals surface area contributed by atoms with Crippen LogP contribution in [0, 0.1) is 0 Å². The molecule has 1 aromatic carbocycles. The first kappa shape index (κ1) is 21.8. The van der Waals surface area contributed by atoms with E-state index in [1.54, 1.807) is 0 Å². The molecular weight excluding hydrogens is 455 g/mol. The molecule has 2 fully saturated rings. The summed E-state index contributed by atoms with van der Waals surface area (Å²) in [6.45, 7) is 5.66. The molecule has 0 spiro atoms. The van der Waals surface area contributed by atoms with Crippen LogP contribution >= 0.6 is 35.7 Å². The topological polar surface area (TPSA) is 39.7 Å². The predicted molar refractivity (Wildman–Crippen MR) is 125 cm³/mol. The van der Waals surface area contributed by atoms with Crippen molar-refractivity contribution in [3.63, 3.8) is 0 Å². The fraction of sp³-hybridized carbons (Fsp3) is 0.650. The maximum Gasteiger partial charge on any atom is 0.191 e. The second kappa shape index (κ2) is 10.8. The molecule has 146 valence electrons. The molecule has 1 atom stereocenters. The maximum atomic E-state index is 4.46. The highest BCUT2D eigenvalue weighted by Crippen LogP contribution is 2.36. The molecule has 6 heteroatoms. The van der Waals surface area contributed by atoms with E-state index in [2.05, 4.69) is 69.5 Å². The number of rotatable bonds is 5. The van der Waals surface area contributed by atoms with Gasteiger partial charge in [0.1, 0.15) is 0 Å². The summed E-state index contributed by atoms with van der Waals surface area (Å²) in [6.07, 6.45) is 5.35. The Morgan fingerprint density at radius 1 is 1.19 bits per heavy atom. The Morgan fingerprint density at radius 2 is 1.85 bits per heavy atom. The molecule has 26 heavy (non-hydrogen) atoms. The van der Waals surface area contributed by atoms with Crippen LogP contribution in [0.4, 0.5) is 0 Å². The van der Waals surface area contributed by atoms with Crippen molar-refractivity contribution in [1.82, 2.24) is 15.5 Å². The number of hydrogen-bond donors (Lipinski definition) is 2. The summed E-state index contributed by atoms with van der Waals surface area (Å²) >= 11 is 2.09. The monoisotopic (exact) mass is 488 g/mol. The van der Waals surface area contributed by atoms with Crippen molar-refractivity contribution in [2.75, 3.05) is 38.2 Å². The third-order valence-electron chi connectivity index (χ3n) is 5.68. The number of thioether (sulfide) groups is 1. The van der Waals surface area contributed by atoms with Crippen LogP contribution in [0.1, 0.15) is 44.2 Å². The summed E-state index contributed by atoms with van der Waals surface area (Å²) in [5.74, 6) is 3.47. The molecule has 0 amide bonds. The molecular formula is C20H33IN4S. The van der Waals surface area contributed by atoms with E-state index in [-0.39, 0.29) is 30.0 Å². The molecule has 2 N–H and O–H groups in total. The fourth-order valence-corrected chi connectivity index (χ4v) is 5.05. The number of nitrogens with one attached hydrogen (secondary N) is 2. The average Bonchev–Trinajstić information content (AvgIpc) is 3.16. The molecule has 1 aliphatic heterocycles. The van der Waals surface area contributed by atoms with Crippen molar-refractivity contribution in [2.45, 2.75) is 44.2 Å². The van der Waals surface area contributed by atoms with Gasteiger partial charge in [-0.15, -0.1) is 24.0 Å². The number of guanidine groups is 1. The number of nitrogens with zero attached hydrogens (tertiary/aromatic N) is 2. The third kappa shape index (κ3) is 5.52. The van der Waals surface area contributed by atoms with Crippen molar-refractivity contribution in [1.29, 1.82) is 0 Å². The van der Waals surface area contributed by atoms with E-state index in [9.17, 15) is 0 Å². The third-order valence-corrected chi connectivity index (χ3v) is 6.62. The summed E-state index contributed by atoms with van der Waals surface area (Å²) in [4.78, 5) is 7.21. The van der Waals surface area contributed by atoms with Gasteiger partial charge in [-0.25, -0.2) is 0 Å². The number of halogens is 1. The van der Waals surface area contributed by atoms with Crippen molar-refractivity contribution in [3.8, 4) is 0 Å². The van der Waals surface area contributed by atoms with E-state index in [4.69, 9.17) is 0 Å². The molecule has 1 unspecified atom stereocenters. The lowest BCUT2D eigenvalue weighted by Gasteiger charge is -2.43. The van der Waals surface area contributed by atoms with E-state index in [0.717, 1.165) is 12.5 Å². The minimum absolute atomic E-state index is 0. The van der Waals surface area contributed by atoms with Crippen molar-refractivity contribution >= 4 is 41.7 Å². The van der Waals surface area contributed by atoms with Crippen molar-refractivity contribution in [3.05, 3.63) is 35.9 Å². The predicted octanol–water partition coefficient (Wildman–Crippen LogP) is 3.89. The number of benzene rings is 1. The molecule has 1 saturated carbocycles. The normalized spacial score (nSPS) is 21.7. The second-order valence-electron chi connectivity index (χ2n) is 7.23. The average molecular weight is 488 g/mol. The lowest BCUT2D eigenvalue weighted by molar-refractivity contribution is 0.107. The smallest absolute Gasteiger partial charge is 0.191 e. The van der Waals surface area contributed by atoms with Crippen LogP contribution in [0.3, 0.4) is 0 Å². The SMILES string of the molecule is CN=C(NCC1(N2CCSCC2)CCCC1)NC(C)c1ccccc1.I. The first-order valence-electron chi connectivity index (χ1n) is 9.58. The lowest BCUT2D eigenvalue weighted by atomic mass is 9.94. The van der Waals surface area contributed by atoms with E-state index in [1.165, 1.54) is 55.8 Å². The van der Waals surface area contributed by atoms with E-state index < -0.39 is 0 Å². The second-order valence-corrected chi connectivity index (χ2v) is 8.46. The summed E-state index contributed by atoms with van der Waals surface area (Å²) in [5.41, 5.74) is 1.61. The molecule has 1 saturated heterocycles. The van der Waals surface area contributed by atoms with Gasteiger partial charge in [-0.1, -0.05) is 43.2 Å². The molecule has 1 aliphatic carbocycles. The zero-order valence-electron chi connectivity index (χ0n) is 16.0. The zero-order valence-corrected chi connectivity index (χ0v) is 19.2. The van der Waals surface area contributed by atoms with Gasteiger partial charge in [0, 0.05) is 43.7 Å². The van der Waals surface area contributed by atoms with E-state index in [1.807, 2.05) is 7.05 Å². The molecule has 0 aromatic heterocycles. The standard InChI is InChI=1S/C20H32N4S.HI/c1-17(18-8-4-3-5-9-18)23-19(21-2)22-16-20(10-6-7-11-20)24-12-14-25-15-13-24;/h3-5,8-9,17H,6-7,10-16H2,1-2H3,(H2,21,22,23);1H. The van der Waals surface area contributed by atoms with E-state index in [0.29, 0.717) is 5.54 Å². The summed E-state index contributed by atoms with van der Waals surface area (Å²) < 4.78 is 0. The highest BCUT2D eigenvalue weighted by Gasteiger charge is 2.40. The van der Waals surface area contributed by atoms with Crippen molar-refractivity contribution in [2.24, 2.45) is 4.99 Å². The van der Waals surface area contributed by atoms with Crippen LogP contribution in [-0.2, 0) is 0 Å². The Kier molecular flexibility index (Phi) is 9.03. The molecule has 2 aliphatic rings. The van der Waals surface area contributed by atoms with Gasteiger partial charge in [-0.3, -0.25) is 9.89 Å². The van der Waals surface area contributed by atoms with E-state index >= 15 is 0 Å². The van der Waals surface area contributed by atoms with Gasteiger partial charge in [0.05, 0.1) is 6.04 Å². The minimum Gasteiger partial charge on any atom is -0.355 e. The first-order chi connectivity index (χ1) is 12.2. The summed E-state index contributed by atoms with van der Waals surface area (Å²) in [5, 5.41) is 7.18. The van der Waals surface area contributed by atoms with Crippen LogP contribution < -0.4 is 10.6 Å². The molecule has 4 nitrogen and oxygen atoms in total. The Morgan fingerprint density at radius 3 is 2.46 bits per heavy atom. The van der Waals surface area contributed by atoms with Gasteiger partial charge in [-0.2, -0.15) is 11.8 Å². The van der Waals surface area contributed by atoms with Gasteiger partial charge in [0.25, 0.3) is 0 Å². The largest absolute Gasteiger partial charge is 0.355 e. The maximum absolute atomic E-state index is 4.46. The van der Waals surface area contributed by atoms with Gasteiger partial charge in [-0.05, 0) is 25.3 Å². The molecule has 0 radical (unpaired) electrons. The first-order valence-corrected chi connectivity index (χ1v) is 10.7. The van der Waals surface area contributed by atoms with Crippen molar-refractivity contribution < 1.29 is 0 Å². The number of aliphatic imine (C=N–C) groups is 1. The van der Waals surface area contributed by atoms with Gasteiger partial charge in [0.2, 0.25) is 0 Å². The summed E-state index contributed by atoms with van der Waals surface area (Å²) in [7, 11) is 1.87. The Labute approximate surface area is 180 Å². The lowest BCUT2D eigenvalue weighted by Crippen LogP contribution is -2.57. The summed E-state index contributed by atoms with van der Waals surface area (Å²) in [6, 6.07) is 10.8. The highest BCUT2D eigenvalue weighted by atomic mass is 127. The van der Waals surface area contributed by atoms with Crippen LogP contribution in [0.25, 0.3) is 0 Å². The Bertz CT molecular complexity index is 554. The van der Waals surface area contributed by atoms with Gasteiger partial charge < -0.3 is 10.6 Å². The quantitative estimate of drug-likeness (QED) is 0.375. The molecule has 0 bridgehead atoms. The van der Waals surface area contributed by atoms with Crippen LogP contribution in [0.2, 0.25) is 0 Å². The minimum atomic E-state index is 0. The molecule has 1 heterocycles. The van der Waals surface area contributed by atoms with Crippen LogP contribution in [0.15, 0.2) is 35.3 Å². The fourth-order valence-electron chi connectivity index (χ4n) is 4.15. The zero-order chi connectivity index (χ0) is 17.5. The van der Waals surface area contributed by atoms with Gasteiger partial charge in [0.15, 0.2) is 5.96 Å². The van der Waals surface area contributed by atoms with Crippen LogP contribution in [0.5, 0.6) is 0 Å². The van der Waals surface area contributed by atoms with Gasteiger partial charge >= 0.3 is 0 Å². The highest BCUT2D eigenvalue weighted by molar-refractivity contribution is 14.0. The Hall–Kier alpha value is -0.470. The number of hydrogen-bond acceptors (Lipinski definition) is 3. The Balaban J connectivity index is 0.00000243. The molecule has 3 rings (SSSR count). The molecule has 1 aromatic rings.